The van der Waals surface area contributed by atoms with Crippen LogP contribution in [0.25, 0.3) is 5.76 Å². The van der Waals surface area contributed by atoms with Gasteiger partial charge in [-0.25, -0.2) is 0 Å². The number of likely N-dealkylation sites (tertiary alicyclic amines) is 1. The molecule has 0 saturated carbocycles. The van der Waals surface area contributed by atoms with Crippen LogP contribution in [-0.4, -0.2) is 77.6 Å². The zero-order chi connectivity index (χ0) is 23.2. The van der Waals surface area contributed by atoms with Gasteiger partial charge >= 0.3 is 0 Å². The van der Waals surface area contributed by atoms with Crippen molar-refractivity contribution in [2.24, 2.45) is 0 Å². The maximum absolute atomic E-state index is 13.1. The maximum Gasteiger partial charge on any atom is 0.295 e. The Bertz CT molecular complexity index is 1030. The summed E-state index contributed by atoms with van der Waals surface area (Å²) in [6.07, 6.45) is 4.89. The van der Waals surface area contributed by atoms with Crippen molar-refractivity contribution < 1.29 is 24.2 Å². The minimum atomic E-state index is -0.712. The molecule has 0 spiro atoms. The maximum atomic E-state index is 13.1. The Balaban J connectivity index is 1.66. The lowest BCUT2D eigenvalue weighted by molar-refractivity contribution is -0.140. The number of rotatable bonds is 8. The number of hydrogen-bond acceptors (Lipinski definition) is 7. The molecule has 0 aliphatic carbocycles. The van der Waals surface area contributed by atoms with Gasteiger partial charge < -0.3 is 19.5 Å². The van der Waals surface area contributed by atoms with Gasteiger partial charge in [-0.3, -0.25) is 19.5 Å². The van der Waals surface area contributed by atoms with Gasteiger partial charge in [-0.15, -0.1) is 0 Å². The molecule has 2 fully saturated rings. The number of pyridine rings is 1. The number of nitrogens with zero attached hydrogens (tertiary/aromatic N) is 3. The summed E-state index contributed by atoms with van der Waals surface area (Å²) in [5, 5.41) is 11.1. The molecule has 2 aliphatic rings. The average Bonchev–Trinajstić information content (AvgIpc) is 3.12. The zero-order valence-electron chi connectivity index (χ0n) is 18.4. The quantitative estimate of drug-likeness (QED) is 0.286. The summed E-state index contributed by atoms with van der Waals surface area (Å²) < 4.78 is 10.9. The Morgan fingerprint density at radius 3 is 2.61 bits per heavy atom. The highest BCUT2D eigenvalue weighted by Gasteiger charge is 2.46. The lowest BCUT2D eigenvalue weighted by Crippen LogP contribution is -2.42. The number of hydrogen-bond donors (Lipinski definition) is 1. The number of ether oxygens (including phenoxy) is 2. The summed E-state index contributed by atoms with van der Waals surface area (Å²) in [5.41, 5.74) is 1.17. The van der Waals surface area contributed by atoms with Crippen molar-refractivity contribution in [2.75, 3.05) is 46.0 Å². The van der Waals surface area contributed by atoms with E-state index in [1.165, 1.54) is 4.90 Å². The molecule has 1 N–H and O–H groups in total. The highest BCUT2D eigenvalue weighted by atomic mass is 16.5. The average molecular weight is 450 g/mol. The summed E-state index contributed by atoms with van der Waals surface area (Å²) in [7, 11) is 0. The zero-order valence-corrected chi connectivity index (χ0v) is 18.4. The molecule has 1 aromatic heterocycles. The van der Waals surface area contributed by atoms with Crippen LogP contribution in [0.4, 0.5) is 0 Å². The third-order valence-corrected chi connectivity index (χ3v) is 5.80. The SMILES string of the molecule is C=CCOc1ccc(/C(O)=C2\C(=O)C(=O)N(CCN3CCOCC3)C2c2cccnc2)cc1. The number of carbonyl (C=O) groups is 2. The largest absolute Gasteiger partial charge is 0.507 e. The summed E-state index contributed by atoms with van der Waals surface area (Å²) >= 11 is 0. The Labute approximate surface area is 192 Å². The third kappa shape index (κ3) is 4.97. The van der Waals surface area contributed by atoms with E-state index in [2.05, 4.69) is 16.5 Å². The van der Waals surface area contributed by atoms with Gasteiger partial charge in [-0.2, -0.15) is 0 Å². The van der Waals surface area contributed by atoms with Crippen molar-refractivity contribution in [3.8, 4) is 5.75 Å². The van der Waals surface area contributed by atoms with E-state index in [9.17, 15) is 14.7 Å². The number of aliphatic hydroxyl groups is 1. The van der Waals surface area contributed by atoms with E-state index in [1.807, 2.05) is 6.07 Å². The van der Waals surface area contributed by atoms with Crippen LogP contribution >= 0.6 is 0 Å². The van der Waals surface area contributed by atoms with Crippen LogP contribution in [-0.2, 0) is 14.3 Å². The first-order valence-corrected chi connectivity index (χ1v) is 10.9. The molecule has 0 bridgehead atoms. The summed E-state index contributed by atoms with van der Waals surface area (Å²) in [5.74, 6) is -0.924. The van der Waals surface area contributed by atoms with Gasteiger partial charge in [0.25, 0.3) is 11.7 Å². The fourth-order valence-corrected chi connectivity index (χ4v) is 4.09. The minimum absolute atomic E-state index is 0.0646. The van der Waals surface area contributed by atoms with Crippen LogP contribution < -0.4 is 4.74 Å². The number of Topliss-reactive ketones (excluding diaryl/α,β-unsaturated/α-hetero) is 1. The van der Waals surface area contributed by atoms with Crippen molar-refractivity contribution in [1.82, 2.24) is 14.8 Å². The Kier molecular flexibility index (Phi) is 7.16. The predicted molar refractivity (Wildman–Crippen MR) is 123 cm³/mol. The first-order valence-electron chi connectivity index (χ1n) is 10.9. The molecule has 1 unspecified atom stereocenters. The van der Waals surface area contributed by atoms with Gasteiger partial charge in [0.15, 0.2) is 0 Å². The van der Waals surface area contributed by atoms with Gasteiger partial charge in [0, 0.05) is 44.1 Å². The molecule has 0 radical (unpaired) electrons. The molecule has 2 aromatic rings. The smallest absolute Gasteiger partial charge is 0.295 e. The topological polar surface area (TPSA) is 92.2 Å². The summed E-state index contributed by atoms with van der Waals surface area (Å²) in [6.45, 7) is 7.81. The standard InChI is InChI=1S/C25H27N3O5/c1-2-14-33-20-7-5-18(6-8-20)23(29)21-22(19-4-3-9-26-17-19)28(25(31)24(21)30)11-10-27-12-15-32-16-13-27/h2-9,17,22,29H,1,10-16H2/b23-21+. The molecule has 1 aromatic carbocycles. The van der Waals surface area contributed by atoms with Gasteiger partial charge in [0.1, 0.15) is 18.1 Å². The van der Waals surface area contributed by atoms with Crippen LogP contribution in [0.1, 0.15) is 17.2 Å². The van der Waals surface area contributed by atoms with Gasteiger partial charge in [0.05, 0.1) is 24.8 Å². The van der Waals surface area contributed by atoms with Crippen molar-refractivity contribution in [3.05, 3.63) is 78.1 Å². The molecular weight excluding hydrogens is 422 g/mol. The second kappa shape index (κ2) is 10.4. The number of carbonyl (C=O) groups excluding carboxylic acids is 2. The van der Waals surface area contributed by atoms with E-state index in [0.717, 1.165) is 13.1 Å². The molecule has 3 heterocycles. The van der Waals surface area contributed by atoms with Crippen molar-refractivity contribution in [3.63, 3.8) is 0 Å². The van der Waals surface area contributed by atoms with E-state index < -0.39 is 17.7 Å². The highest BCUT2D eigenvalue weighted by Crippen LogP contribution is 2.39. The lowest BCUT2D eigenvalue weighted by Gasteiger charge is -2.30. The highest BCUT2D eigenvalue weighted by molar-refractivity contribution is 6.46. The lowest BCUT2D eigenvalue weighted by atomic mass is 9.96. The van der Waals surface area contributed by atoms with Crippen LogP contribution in [0.3, 0.4) is 0 Å². The molecule has 172 valence electrons. The first kappa shape index (κ1) is 22.7. The number of morpholine rings is 1. The molecule has 4 rings (SSSR count). The molecule has 1 atom stereocenters. The van der Waals surface area contributed by atoms with E-state index in [4.69, 9.17) is 9.47 Å². The van der Waals surface area contributed by atoms with Crippen LogP contribution in [0.2, 0.25) is 0 Å². The van der Waals surface area contributed by atoms with Crippen molar-refractivity contribution >= 4 is 17.4 Å². The van der Waals surface area contributed by atoms with E-state index >= 15 is 0 Å². The van der Waals surface area contributed by atoms with Crippen LogP contribution in [0.5, 0.6) is 5.75 Å². The van der Waals surface area contributed by atoms with E-state index in [0.29, 0.717) is 49.8 Å². The second-order valence-corrected chi connectivity index (χ2v) is 7.86. The number of aliphatic hydroxyl groups excluding tert-OH is 1. The van der Waals surface area contributed by atoms with E-state index in [1.54, 1.807) is 48.8 Å². The fourth-order valence-electron chi connectivity index (χ4n) is 4.09. The number of amides is 1. The Morgan fingerprint density at radius 2 is 1.94 bits per heavy atom. The number of benzene rings is 1. The van der Waals surface area contributed by atoms with Crippen LogP contribution in [0, 0.1) is 0 Å². The van der Waals surface area contributed by atoms with E-state index in [-0.39, 0.29) is 11.3 Å². The monoisotopic (exact) mass is 449 g/mol. The molecular formula is C25H27N3O5. The minimum Gasteiger partial charge on any atom is -0.507 e. The molecule has 33 heavy (non-hydrogen) atoms. The second-order valence-electron chi connectivity index (χ2n) is 7.86. The molecule has 8 nitrogen and oxygen atoms in total. The Morgan fingerprint density at radius 1 is 1.18 bits per heavy atom. The van der Waals surface area contributed by atoms with Gasteiger partial charge in [-0.1, -0.05) is 18.7 Å². The fraction of sp³-hybridized carbons (Fsp3) is 0.320. The molecule has 1 amide bonds. The third-order valence-electron chi connectivity index (χ3n) is 5.80. The summed E-state index contributed by atoms with van der Waals surface area (Å²) in [6, 6.07) is 9.58. The molecule has 2 aliphatic heterocycles. The van der Waals surface area contributed by atoms with Gasteiger partial charge in [-0.05, 0) is 35.9 Å². The first-order chi connectivity index (χ1) is 16.1. The number of ketones is 1. The molecule has 2 saturated heterocycles. The van der Waals surface area contributed by atoms with Gasteiger partial charge in [0.2, 0.25) is 0 Å². The van der Waals surface area contributed by atoms with Crippen molar-refractivity contribution in [1.29, 1.82) is 0 Å². The van der Waals surface area contributed by atoms with Crippen molar-refractivity contribution in [2.45, 2.75) is 6.04 Å². The van der Waals surface area contributed by atoms with Crippen LogP contribution in [0.15, 0.2) is 67.0 Å². The Hall–Kier alpha value is -3.49. The number of aromatic nitrogens is 1. The molecule has 8 heteroatoms. The normalized spacial score (nSPS) is 20.7. The predicted octanol–water partition coefficient (Wildman–Crippen LogP) is 2.40. The summed E-state index contributed by atoms with van der Waals surface area (Å²) in [4.78, 5) is 34.0.